The lowest BCUT2D eigenvalue weighted by molar-refractivity contribution is -0.385. The van der Waals surface area contributed by atoms with E-state index in [1.54, 1.807) is 13.0 Å². The zero-order valence-electron chi connectivity index (χ0n) is 10.7. The van der Waals surface area contributed by atoms with Crippen molar-refractivity contribution in [3.05, 3.63) is 33.9 Å². The molecule has 0 aromatic heterocycles. The SMILES string of the molecule is CC1(O)CCN(c2ccc(C#N)c([N+](=O)[O-])c2)CC1. The Kier molecular flexibility index (Phi) is 3.40. The Balaban J connectivity index is 2.25. The number of rotatable bonds is 2. The van der Waals surface area contributed by atoms with Crippen LogP contribution in [0, 0.1) is 21.4 Å². The molecule has 1 aliphatic rings. The van der Waals surface area contributed by atoms with Crippen molar-refractivity contribution in [3.63, 3.8) is 0 Å². The number of piperidine rings is 1. The normalized spacial score (nSPS) is 17.8. The van der Waals surface area contributed by atoms with E-state index in [0.717, 1.165) is 5.69 Å². The molecule has 1 aliphatic heterocycles. The summed E-state index contributed by atoms with van der Waals surface area (Å²) in [4.78, 5) is 12.4. The summed E-state index contributed by atoms with van der Waals surface area (Å²) in [7, 11) is 0. The Morgan fingerprint density at radius 3 is 2.63 bits per heavy atom. The van der Waals surface area contributed by atoms with E-state index in [2.05, 4.69) is 0 Å². The van der Waals surface area contributed by atoms with Crippen molar-refractivity contribution in [3.8, 4) is 6.07 Å². The Labute approximate surface area is 111 Å². The minimum atomic E-state index is -0.658. The smallest absolute Gasteiger partial charge is 0.289 e. The molecule has 0 aliphatic carbocycles. The topological polar surface area (TPSA) is 90.4 Å². The van der Waals surface area contributed by atoms with E-state index in [1.165, 1.54) is 12.1 Å². The molecular weight excluding hydrogens is 246 g/mol. The number of nitriles is 1. The van der Waals surface area contributed by atoms with Gasteiger partial charge in [0.15, 0.2) is 0 Å². The molecule has 0 amide bonds. The summed E-state index contributed by atoms with van der Waals surface area (Å²) < 4.78 is 0. The third-order valence-electron chi connectivity index (χ3n) is 3.50. The average Bonchev–Trinajstić information content (AvgIpc) is 2.38. The Hall–Kier alpha value is -2.13. The van der Waals surface area contributed by atoms with Crippen molar-refractivity contribution in [1.29, 1.82) is 5.26 Å². The number of aliphatic hydroxyl groups is 1. The van der Waals surface area contributed by atoms with Gasteiger partial charge in [0.1, 0.15) is 11.6 Å². The predicted octanol–water partition coefficient (Wildman–Crippen LogP) is 1.82. The van der Waals surface area contributed by atoms with E-state index in [9.17, 15) is 15.2 Å². The van der Waals surface area contributed by atoms with Gasteiger partial charge >= 0.3 is 0 Å². The van der Waals surface area contributed by atoms with Crippen LogP contribution in [0.5, 0.6) is 0 Å². The fourth-order valence-corrected chi connectivity index (χ4v) is 2.21. The first-order valence-electron chi connectivity index (χ1n) is 6.09. The van der Waals surface area contributed by atoms with Crippen LogP contribution in [0.4, 0.5) is 11.4 Å². The van der Waals surface area contributed by atoms with Gasteiger partial charge in [0.2, 0.25) is 0 Å². The van der Waals surface area contributed by atoms with E-state index in [4.69, 9.17) is 5.26 Å². The molecular formula is C13H15N3O3. The lowest BCUT2D eigenvalue weighted by atomic mass is 9.93. The standard InChI is InChI=1S/C13H15N3O3/c1-13(17)4-6-15(7-5-13)11-3-2-10(9-14)12(8-11)16(18)19/h2-3,8,17H,4-7H2,1H3. The van der Waals surface area contributed by atoms with Crippen molar-refractivity contribution < 1.29 is 10.0 Å². The highest BCUT2D eigenvalue weighted by Gasteiger charge is 2.28. The van der Waals surface area contributed by atoms with Crippen LogP contribution in [0.15, 0.2) is 18.2 Å². The molecule has 19 heavy (non-hydrogen) atoms. The van der Waals surface area contributed by atoms with Crippen LogP contribution >= 0.6 is 0 Å². The molecule has 100 valence electrons. The zero-order chi connectivity index (χ0) is 14.0. The first kappa shape index (κ1) is 13.3. The van der Waals surface area contributed by atoms with Crippen molar-refractivity contribution >= 4 is 11.4 Å². The van der Waals surface area contributed by atoms with Gasteiger partial charge in [-0.05, 0) is 31.9 Å². The lowest BCUT2D eigenvalue weighted by Gasteiger charge is -2.37. The van der Waals surface area contributed by atoms with Gasteiger partial charge in [-0.1, -0.05) is 0 Å². The molecule has 0 unspecified atom stereocenters. The maximum atomic E-state index is 10.9. The Bertz CT molecular complexity index is 539. The maximum absolute atomic E-state index is 10.9. The molecule has 1 aromatic rings. The molecule has 0 atom stereocenters. The molecule has 6 heteroatoms. The van der Waals surface area contributed by atoms with Gasteiger partial charge in [-0.15, -0.1) is 0 Å². The van der Waals surface area contributed by atoms with Crippen LogP contribution in [0.3, 0.4) is 0 Å². The zero-order valence-corrected chi connectivity index (χ0v) is 10.7. The molecule has 0 spiro atoms. The van der Waals surface area contributed by atoms with Gasteiger partial charge in [-0.25, -0.2) is 0 Å². The average molecular weight is 261 g/mol. The highest BCUT2D eigenvalue weighted by atomic mass is 16.6. The largest absolute Gasteiger partial charge is 0.390 e. The van der Waals surface area contributed by atoms with Crippen molar-refractivity contribution in [2.75, 3.05) is 18.0 Å². The molecule has 0 radical (unpaired) electrons. The van der Waals surface area contributed by atoms with Crippen molar-refractivity contribution in [2.45, 2.75) is 25.4 Å². The van der Waals surface area contributed by atoms with Crippen LogP contribution in [-0.2, 0) is 0 Å². The molecule has 6 nitrogen and oxygen atoms in total. The highest BCUT2D eigenvalue weighted by molar-refractivity contribution is 5.60. The summed E-state index contributed by atoms with van der Waals surface area (Å²) in [5.41, 5.74) is -0.0361. The molecule has 1 N–H and O–H groups in total. The summed E-state index contributed by atoms with van der Waals surface area (Å²) in [5, 5.41) is 29.6. The highest BCUT2D eigenvalue weighted by Crippen LogP contribution is 2.29. The third-order valence-corrected chi connectivity index (χ3v) is 3.50. The monoisotopic (exact) mass is 261 g/mol. The van der Waals surface area contributed by atoms with Gasteiger partial charge in [0.05, 0.1) is 10.5 Å². The van der Waals surface area contributed by atoms with Crippen LogP contribution in [0.25, 0.3) is 0 Å². The molecule has 1 saturated heterocycles. The number of benzene rings is 1. The van der Waals surface area contributed by atoms with Crippen molar-refractivity contribution in [2.24, 2.45) is 0 Å². The molecule has 1 fully saturated rings. The molecule has 0 saturated carbocycles. The molecule has 0 bridgehead atoms. The summed E-state index contributed by atoms with van der Waals surface area (Å²) in [6.45, 7) is 3.09. The van der Waals surface area contributed by atoms with Crippen LogP contribution in [0.2, 0.25) is 0 Å². The Morgan fingerprint density at radius 1 is 1.47 bits per heavy atom. The molecule has 1 heterocycles. The van der Waals surface area contributed by atoms with Crippen molar-refractivity contribution in [1.82, 2.24) is 0 Å². The van der Waals surface area contributed by atoms with E-state index in [1.807, 2.05) is 11.0 Å². The quantitative estimate of drug-likeness (QED) is 0.647. The minimum Gasteiger partial charge on any atom is -0.390 e. The number of nitro groups is 1. The number of hydrogen-bond acceptors (Lipinski definition) is 5. The summed E-state index contributed by atoms with van der Waals surface area (Å²) in [6.07, 6.45) is 1.25. The van der Waals surface area contributed by atoms with Gasteiger partial charge in [0, 0.05) is 24.8 Å². The summed E-state index contributed by atoms with van der Waals surface area (Å²) >= 11 is 0. The Morgan fingerprint density at radius 2 is 2.11 bits per heavy atom. The summed E-state index contributed by atoms with van der Waals surface area (Å²) in [6, 6.07) is 6.44. The van der Waals surface area contributed by atoms with E-state index in [0.29, 0.717) is 25.9 Å². The second-order valence-corrected chi connectivity index (χ2v) is 5.05. The van der Waals surface area contributed by atoms with E-state index in [-0.39, 0.29) is 11.3 Å². The minimum absolute atomic E-state index is 0.0674. The fourth-order valence-electron chi connectivity index (χ4n) is 2.21. The predicted molar refractivity (Wildman–Crippen MR) is 69.9 cm³/mol. The molecule has 2 rings (SSSR count). The second kappa shape index (κ2) is 4.86. The van der Waals surface area contributed by atoms with Gasteiger partial charge < -0.3 is 10.0 Å². The van der Waals surface area contributed by atoms with Gasteiger partial charge in [-0.3, -0.25) is 10.1 Å². The second-order valence-electron chi connectivity index (χ2n) is 5.05. The number of nitrogens with zero attached hydrogens (tertiary/aromatic N) is 3. The van der Waals surface area contributed by atoms with Crippen LogP contribution in [-0.4, -0.2) is 28.7 Å². The lowest BCUT2D eigenvalue weighted by Crippen LogP contribution is -2.42. The fraction of sp³-hybridized carbons (Fsp3) is 0.462. The van der Waals surface area contributed by atoms with Crippen LogP contribution in [0.1, 0.15) is 25.3 Å². The summed E-state index contributed by atoms with van der Waals surface area (Å²) in [5.74, 6) is 0. The molecule has 1 aromatic carbocycles. The van der Waals surface area contributed by atoms with Gasteiger partial charge in [0.25, 0.3) is 5.69 Å². The number of anilines is 1. The third kappa shape index (κ3) is 2.83. The first-order valence-corrected chi connectivity index (χ1v) is 6.09. The number of nitro benzene ring substituents is 1. The van der Waals surface area contributed by atoms with E-state index >= 15 is 0 Å². The van der Waals surface area contributed by atoms with E-state index < -0.39 is 10.5 Å². The first-order chi connectivity index (χ1) is 8.93. The number of hydrogen-bond donors (Lipinski definition) is 1. The van der Waals surface area contributed by atoms with Gasteiger partial charge in [-0.2, -0.15) is 5.26 Å². The van der Waals surface area contributed by atoms with Crippen LogP contribution < -0.4 is 4.90 Å². The maximum Gasteiger partial charge on any atom is 0.289 e.